The highest BCUT2D eigenvalue weighted by Gasteiger charge is 2.44. The third-order valence-corrected chi connectivity index (χ3v) is 3.82. The van der Waals surface area contributed by atoms with E-state index >= 15 is 0 Å². The molecule has 2 amide bonds. The molecule has 1 fully saturated rings. The minimum Gasteiger partial charge on any atom is -0.337 e. The SMILES string of the molecule is O=C(NCc1ccn[nH]1)NCC1(c2ccccc2)CC1. The maximum absolute atomic E-state index is 11.8. The van der Waals surface area contributed by atoms with Crippen LogP contribution in [0, 0.1) is 0 Å². The Morgan fingerprint density at radius 2 is 2.00 bits per heavy atom. The van der Waals surface area contributed by atoms with Crippen LogP contribution >= 0.6 is 0 Å². The summed E-state index contributed by atoms with van der Waals surface area (Å²) in [5.74, 6) is 0. The zero-order chi connectivity index (χ0) is 13.8. The Labute approximate surface area is 117 Å². The quantitative estimate of drug-likeness (QED) is 0.777. The van der Waals surface area contributed by atoms with Gasteiger partial charge in [0.2, 0.25) is 0 Å². The van der Waals surface area contributed by atoms with Gasteiger partial charge in [-0.3, -0.25) is 5.10 Å². The van der Waals surface area contributed by atoms with Crippen LogP contribution in [0.4, 0.5) is 4.79 Å². The van der Waals surface area contributed by atoms with Crippen molar-refractivity contribution in [2.24, 2.45) is 0 Å². The molecule has 5 nitrogen and oxygen atoms in total. The number of nitrogens with one attached hydrogen (secondary N) is 3. The standard InChI is InChI=1S/C15H18N4O/c20-14(16-10-13-6-9-18-19-13)17-11-15(7-8-15)12-4-2-1-3-5-12/h1-6,9H,7-8,10-11H2,(H,18,19)(H2,16,17,20). The van der Waals surface area contributed by atoms with Gasteiger partial charge in [0.05, 0.1) is 12.2 Å². The van der Waals surface area contributed by atoms with Crippen LogP contribution in [-0.2, 0) is 12.0 Å². The lowest BCUT2D eigenvalue weighted by Gasteiger charge is -2.16. The van der Waals surface area contributed by atoms with E-state index in [1.54, 1.807) is 6.20 Å². The van der Waals surface area contributed by atoms with Crippen LogP contribution in [0.2, 0.25) is 0 Å². The van der Waals surface area contributed by atoms with Crippen LogP contribution in [-0.4, -0.2) is 22.8 Å². The average molecular weight is 270 g/mol. The van der Waals surface area contributed by atoms with Gasteiger partial charge in [-0.2, -0.15) is 5.10 Å². The fraction of sp³-hybridized carbons (Fsp3) is 0.333. The van der Waals surface area contributed by atoms with Gasteiger partial charge in [-0.25, -0.2) is 4.79 Å². The smallest absolute Gasteiger partial charge is 0.315 e. The molecule has 2 aromatic rings. The molecule has 0 unspecified atom stereocenters. The van der Waals surface area contributed by atoms with Gasteiger partial charge < -0.3 is 10.6 Å². The minimum absolute atomic E-state index is 0.137. The monoisotopic (exact) mass is 270 g/mol. The highest BCUT2D eigenvalue weighted by Crippen LogP contribution is 2.47. The third-order valence-electron chi connectivity index (χ3n) is 3.82. The zero-order valence-electron chi connectivity index (χ0n) is 11.2. The molecular formula is C15H18N4O. The first-order valence-electron chi connectivity index (χ1n) is 6.84. The van der Waals surface area contributed by atoms with Gasteiger partial charge >= 0.3 is 6.03 Å². The van der Waals surface area contributed by atoms with Crippen molar-refractivity contribution in [2.45, 2.75) is 24.8 Å². The molecule has 1 aromatic carbocycles. The molecule has 0 atom stereocenters. The van der Waals surface area contributed by atoms with E-state index in [4.69, 9.17) is 0 Å². The summed E-state index contributed by atoms with van der Waals surface area (Å²) >= 11 is 0. The van der Waals surface area contributed by atoms with Crippen LogP contribution in [0.3, 0.4) is 0 Å². The fourth-order valence-corrected chi connectivity index (χ4v) is 2.38. The first kappa shape index (κ1) is 12.7. The highest BCUT2D eigenvalue weighted by molar-refractivity contribution is 5.74. The molecule has 0 bridgehead atoms. The van der Waals surface area contributed by atoms with Gasteiger partial charge in [0, 0.05) is 18.2 Å². The van der Waals surface area contributed by atoms with Crippen LogP contribution < -0.4 is 10.6 Å². The second kappa shape index (κ2) is 5.36. The number of nitrogens with zero attached hydrogens (tertiary/aromatic N) is 1. The molecule has 20 heavy (non-hydrogen) atoms. The summed E-state index contributed by atoms with van der Waals surface area (Å²) in [4.78, 5) is 11.8. The number of rotatable bonds is 5. The van der Waals surface area contributed by atoms with Crippen molar-refractivity contribution in [1.29, 1.82) is 0 Å². The molecule has 5 heteroatoms. The van der Waals surface area contributed by atoms with Crippen molar-refractivity contribution >= 4 is 6.03 Å². The number of carbonyl (C=O) groups excluding carboxylic acids is 1. The maximum atomic E-state index is 11.8. The molecule has 0 radical (unpaired) electrons. The third kappa shape index (κ3) is 2.82. The van der Waals surface area contributed by atoms with E-state index in [0.29, 0.717) is 13.1 Å². The second-order valence-electron chi connectivity index (χ2n) is 5.26. The Morgan fingerprint density at radius 1 is 1.20 bits per heavy atom. The Morgan fingerprint density at radius 3 is 2.65 bits per heavy atom. The molecule has 1 saturated carbocycles. The van der Waals surface area contributed by atoms with Gasteiger partial charge in [-0.1, -0.05) is 30.3 Å². The fourth-order valence-electron chi connectivity index (χ4n) is 2.38. The van der Waals surface area contributed by atoms with Gasteiger partial charge in [0.15, 0.2) is 0 Å². The molecule has 0 aliphatic heterocycles. The number of urea groups is 1. The molecule has 0 spiro atoms. The summed E-state index contributed by atoms with van der Waals surface area (Å²) in [6.45, 7) is 1.15. The Balaban J connectivity index is 1.48. The van der Waals surface area contributed by atoms with Crippen LogP contribution in [0.25, 0.3) is 0 Å². The summed E-state index contributed by atoms with van der Waals surface area (Å²) < 4.78 is 0. The van der Waals surface area contributed by atoms with Crippen LogP contribution in [0.5, 0.6) is 0 Å². The number of hydrogen-bond acceptors (Lipinski definition) is 2. The van der Waals surface area contributed by atoms with E-state index in [0.717, 1.165) is 18.5 Å². The highest BCUT2D eigenvalue weighted by atomic mass is 16.2. The number of benzene rings is 1. The molecular weight excluding hydrogens is 252 g/mol. The van der Waals surface area contributed by atoms with E-state index in [1.807, 2.05) is 24.3 Å². The summed E-state index contributed by atoms with van der Waals surface area (Å²) in [7, 11) is 0. The summed E-state index contributed by atoms with van der Waals surface area (Å²) in [6, 6.07) is 12.1. The summed E-state index contributed by atoms with van der Waals surface area (Å²) in [6.07, 6.45) is 3.94. The number of carbonyl (C=O) groups is 1. The van der Waals surface area contributed by atoms with Crippen LogP contribution in [0.15, 0.2) is 42.6 Å². The Kier molecular flexibility index (Phi) is 3.41. The van der Waals surface area contributed by atoms with E-state index < -0.39 is 0 Å². The summed E-state index contributed by atoms with van der Waals surface area (Å²) in [5, 5.41) is 12.4. The van der Waals surface area contributed by atoms with Gasteiger partial charge in [-0.15, -0.1) is 0 Å². The molecule has 3 N–H and O–H groups in total. The molecule has 1 aliphatic rings. The Bertz CT molecular complexity index is 561. The van der Waals surface area contributed by atoms with Crippen molar-refractivity contribution in [1.82, 2.24) is 20.8 Å². The Hall–Kier alpha value is -2.30. The van der Waals surface area contributed by atoms with E-state index in [2.05, 4.69) is 33.0 Å². The number of hydrogen-bond donors (Lipinski definition) is 3. The molecule has 104 valence electrons. The first-order chi connectivity index (χ1) is 9.78. The van der Waals surface area contributed by atoms with Crippen LogP contribution in [0.1, 0.15) is 24.1 Å². The van der Waals surface area contributed by atoms with E-state index in [1.165, 1.54) is 5.56 Å². The van der Waals surface area contributed by atoms with Crippen molar-refractivity contribution in [3.05, 3.63) is 53.9 Å². The topological polar surface area (TPSA) is 69.8 Å². The van der Waals surface area contributed by atoms with E-state index in [9.17, 15) is 4.79 Å². The zero-order valence-corrected chi connectivity index (χ0v) is 11.2. The number of H-pyrrole nitrogens is 1. The molecule has 3 rings (SSSR count). The average Bonchev–Trinajstić information content (AvgIpc) is 3.11. The number of amides is 2. The maximum Gasteiger partial charge on any atom is 0.315 e. The van der Waals surface area contributed by atoms with Crippen molar-refractivity contribution in [3.63, 3.8) is 0 Å². The normalized spacial score (nSPS) is 15.6. The second-order valence-corrected chi connectivity index (χ2v) is 5.26. The van der Waals surface area contributed by atoms with Gasteiger partial charge in [-0.05, 0) is 24.5 Å². The number of aromatic amines is 1. The van der Waals surface area contributed by atoms with Crippen molar-refractivity contribution in [2.75, 3.05) is 6.54 Å². The predicted molar refractivity (Wildman–Crippen MR) is 76.2 cm³/mol. The lowest BCUT2D eigenvalue weighted by molar-refractivity contribution is 0.239. The van der Waals surface area contributed by atoms with Gasteiger partial charge in [0.1, 0.15) is 0 Å². The van der Waals surface area contributed by atoms with E-state index in [-0.39, 0.29) is 11.4 Å². The number of aromatic nitrogens is 2. The lowest BCUT2D eigenvalue weighted by Crippen LogP contribution is -2.39. The largest absolute Gasteiger partial charge is 0.337 e. The van der Waals surface area contributed by atoms with Crippen molar-refractivity contribution in [3.8, 4) is 0 Å². The minimum atomic E-state index is -0.137. The molecule has 0 saturated heterocycles. The summed E-state index contributed by atoms with van der Waals surface area (Å²) in [5.41, 5.74) is 2.35. The first-order valence-corrected chi connectivity index (χ1v) is 6.84. The van der Waals surface area contributed by atoms with Crippen molar-refractivity contribution < 1.29 is 4.79 Å². The van der Waals surface area contributed by atoms with Gasteiger partial charge in [0.25, 0.3) is 0 Å². The molecule has 1 aromatic heterocycles. The molecule has 1 aliphatic carbocycles. The predicted octanol–water partition coefficient (Wildman–Crippen LogP) is 1.94. The molecule has 1 heterocycles. The lowest BCUT2D eigenvalue weighted by atomic mass is 9.96.